The van der Waals surface area contributed by atoms with E-state index in [0.29, 0.717) is 44.6 Å². The van der Waals surface area contributed by atoms with Crippen LogP contribution in [0.25, 0.3) is 0 Å². The van der Waals surface area contributed by atoms with Crippen molar-refractivity contribution in [3.05, 3.63) is 42.4 Å². The molecule has 24 heavy (non-hydrogen) atoms. The molecule has 0 aliphatic carbocycles. The number of amides is 2. The van der Waals surface area contributed by atoms with Crippen molar-refractivity contribution in [2.75, 3.05) is 38.2 Å². The Bertz CT molecular complexity index is 673. The molecule has 0 radical (unpaired) electrons. The number of carbonyl (C=O) groups excluding carboxylic acids is 1. The minimum absolute atomic E-state index is 0.0574. The van der Waals surface area contributed by atoms with Crippen molar-refractivity contribution < 1.29 is 9.53 Å². The quantitative estimate of drug-likeness (QED) is 0.898. The largest absolute Gasteiger partial charge is 0.481 e. The number of pyridine rings is 1. The Morgan fingerprint density at radius 2 is 1.92 bits per heavy atom. The minimum Gasteiger partial charge on any atom is -0.481 e. The van der Waals surface area contributed by atoms with E-state index in [4.69, 9.17) is 4.74 Å². The van der Waals surface area contributed by atoms with Crippen molar-refractivity contribution in [2.24, 2.45) is 0 Å². The molecule has 0 spiro atoms. The molecule has 1 N–H and O–H groups in total. The van der Waals surface area contributed by atoms with Crippen LogP contribution in [0, 0.1) is 0 Å². The number of carbonyl (C=O) groups is 1. The monoisotopic (exact) mass is 328 g/mol. The summed E-state index contributed by atoms with van der Waals surface area (Å²) in [7, 11) is 1.58. The first-order valence-corrected chi connectivity index (χ1v) is 7.80. The molecule has 1 fully saturated rings. The van der Waals surface area contributed by atoms with Gasteiger partial charge in [0.15, 0.2) is 0 Å². The Labute approximate surface area is 140 Å². The highest BCUT2D eigenvalue weighted by Crippen LogP contribution is 2.14. The Kier molecular flexibility index (Phi) is 5.05. The summed E-state index contributed by atoms with van der Waals surface area (Å²) in [4.78, 5) is 28.7. The second-order valence-electron chi connectivity index (χ2n) is 5.39. The minimum atomic E-state index is -0.0574. The molecule has 2 aromatic heterocycles. The van der Waals surface area contributed by atoms with E-state index in [2.05, 4.69) is 25.2 Å². The lowest BCUT2D eigenvalue weighted by Gasteiger charge is -2.34. The van der Waals surface area contributed by atoms with Crippen molar-refractivity contribution in [1.29, 1.82) is 0 Å². The van der Waals surface area contributed by atoms with Gasteiger partial charge in [0.1, 0.15) is 0 Å². The van der Waals surface area contributed by atoms with Crippen molar-refractivity contribution >= 4 is 12.0 Å². The molecule has 0 aromatic carbocycles. The first kappa shape index (κ1) is 16.0. The van der Waals surface area contributed by atoms with Crippen LogP contribution in [-0.2, 0) is 6.54 Å². The number of ether oxygens (including phenoxy) is 1. The number of piperazine rings is 1. The second-order valence-corrected chi connectivity index (χ2v) is 5.39. The maximum atomic E-state index is 12.2. The van der Waals surface area contributed by atoms with Gasteiger partial charge >= 0.3 is 6.03 Å². The summed E-state index contributed by atoms with van der Waals surface area (Å²) in [5.74, 6) is 1.17. The molecule has 0 saturated carbocycles. The van der Waals surface area contributed by atoms with E-state index in [1.807, 2.05) is 12.1 Å². The Morgan fingerprint density at radius 3 is 2.62 bits per heavy atom. The zero-order chi connectivity index (χ0) is 16.8. The van der Waals surface area contributed by atoms with Gasteiger partial charge in [0, 0.05) is 57.4 Å². The lowest BCUT2D eigenvalue weighted by atomic mass is 10.3. The lowest BCUT2D eigenvalue weighted by Crippen LogP contribution is -2.52. The molecule has 0 atom stereocenters. The predicted octanol–water partition coefficient (Wildman–Crippen LogP) is 0.912. The van der Waals surface area contributed by atoms with Crippen molar-refractivity contribution in [3.63, 3.8) is 0 Å². The van der Waals surface area contributed by atoms with Gasteiger partial charge in [-0.15, -0.1) is 0 Å². The Balaban J connectivity index is 1.50. The third-order valence-electron chi connectivity index (χ3n) is 3.87. The first-order chi connectivity index (χ1) is 11.8. The van der Waals surface area contributed by atoms with E-state index in [0.717, 1.165) is 5.56 Å². The molecule has 0 unspecified atom stereocenters. The molecule has 2 amide bonds. The molecule has 1 aliphatic rings. The molecule has 1 aliphatic heterocycles. The van der Waals surface area contributed by atoms with Gasteiger partial charge in [-0.3, -0.25) is 4.98 Å². The second kappa shape index (κ2) is 7.58. The molecule has 126 valence electrons. The number of nitrogens with zero attached hydrogens (tertiary/aromatic N) is 5. The average Bonchev–Trinajstić information content (AvgIpc) is 2.67. The van der Waals surface area contributed by atoms with E-state index >= 15 is 0 Å². The van der Waals surface area contributed by atoms with Gasteiger partial charge < -0.3 is 19.9 Å². The highest BCUT2D eigenvalue weighted by molar-refractivity contribution is 5.74. The van der Waals surface area contributed by atoms with Crippen molar-refractivity contribution in [3.8, 4) is 5.88 Å². The molecular formula is C16H20N6O2. The van der Waals surface area contributed by atoms with Gasteiger partial charge in [0.05, 0.1) is 7.11 Å². The van der Waals surface area contributed by atoms with E-state index < -0.39 is 0 Å². The van der Waals surface area contributed by atoms with Gasteiger partial charge in [-0.25, -0.2) is 9.78 Å². The van der Waals surface area contributed by atoms with E-state index in [-0.39, 0.29) is 6.03 Å². The Morgan fingerprint density at radius 1 is 1.17 bits per heavy atom. The zero-order valence-electron chi connectivity index (χ0n) is 13.6. The molecule has 8 nitrogen and oxygen atoms in total. The van der Waals surface area contributed by atoms with Crippen LogP contribution in [0.4, 0.5) is 10.7 Å². The van der Waals surface area contributed by atoms with Crippen LogP contribution in [0.2, 0.25) is 0 Å². The third-order valence-corrected chi connectivity index (χ3v) is 3.87. The normalized spacial score (nSPS) is 14.4. The number of nitrogens with one attached hydrogen (secondary N) is 1. The van der Waals surface area contributed by atoms with E-state index in [9.17, 15) is 4.79 Å². The highest BCUT2D eigenvalue weighted by Gasteiger charge is 2.22. The molecule has 2 aromatic rings. The van der Waals surface area contributed by atoms with Gasteiger partial charge in [-0.1, -0.05) is 0 Å². The first-order valence-electron chi connectivity index (χ1n) is 7.80. The number of hydrogen-bond donors (Lipinski definition) is 1. The maximum absolute atomic E-state index is 12.2. The van der Waals surface area contributed by atoms with Crippen LogP contribution in [0.1, 0.15) is 5.56 Å². The smallest absolute Gasteiger partial charge is 0.317 e. The highest BCUT2D eigenvalue weighted by atomic mass is 16.5. The van der Waals surface area contributed by atoms with Gasteiger partial charge in [0.2, 0.25) is 11.8 Å². The van der Waals surface area contributed by atoms with Crippen LogP contribution >= 0.6 is 0 Å². The fourth-order valence-corrected chi connectivity index (χ4v) is 2.50. The number of rotatable bonds is 4. The molecule has 3 rings (SSSR count). The van der Waals surface area contributed by atoms with E-state index in [1.54, 1.807) is 36.7 Å². The number of hydrogen-bond acceptors (Lipinski definition) is 6. The zero-order valence-corrected chi connectivity index (χ0v) is 13.6. The topological polar surface area (TPSA) is 83.5 Å². The average molecular weight is 328 g/mol. The predicted molar refractivity (Wildman–Crippen MR) is 88.8 cm³/mol. The maximum Gasteiger partial charge on any atom is 0.317 e. The summed E-state index contributed by atoms with van der Waals surface area (Å²) < 4.78 is 5.12. The van der Waals surface area contributed by atoms with Gasteiger partial charge in [-0.05, 0) is 17.7 Å². The van der Waals surface area contributed by atoms with Crippen LogP contribution < -0.4 is 15.0 Å². The fourth-order valence-electron chi connectivity index (χ4n) is 2.50. The summed E-state index contributed by atoms with van der Waals surface area (Å²) in [5.41, 5.74) is 1.03. The molecular weight excluding hydrogens is 308 g/mol. The van der Waals surface area contributed by atoms with Gasteiger partial charge in [0.25, 0.3) is 0 Å². The van der Waals surface area contributed by atoms with Gasteiger partial charge in [-0.2, -0.15) is 4.98 Å². The van der Waals surface area contributed by atoms with E-state index in [1.165, 1.54) is 0 Å². The number of anilines is 1. The summed E-state index contributed by atoms with van der Waals surface area (Å²) >= 11 is 0. The number of aromatic nitrogens is 3. The molecule has 8 heteroatoms. The van der Waals surface area contributed by atoms with Crippen molar-refractivity contribution in [1.82, 2.24) is 25.2 Å². The molecule has 1 saturated heterocycles. The van der Waals surface area contributed by atoms with Crippen molar-refractivity contribution in [2.45, 2.75) is 6.54 Å². The van der Waals surface area contributed by atoms with Crippen LogP contribution in [0.3, 0.4) is 0 Å². The molecule has 0 bridgehead atoms. The fraction of sp³-hybridized carbons (Fsp3) is 0.375. The standard InChI is InChI=1S/C16H20N6O2/c1-24-14-4-7-18-15(20-14)21-8-10-22(11-9-21)16(23)19-12-13-2-5-17-6-3-13/h2-7H,8-12H2,1H3,(H,19,23). The number of methoxy groups -OCH3 is 1. The van der Waals surface area contributed by atoms with Crippen LogP contribution in [0.15, 0.2) is 36.8 Å². The third kappa shape index (κ3) is 3.89. The summed E-state index contributed by atoms with van der Waals surface area (Å²) in [6.07, 6.45) is 5.11. The SMILES string of the molecule is COc1ccnc(N2CCN(C(=O)NCc3ccncc3)CC2)n1. The number of urea groups is 1. The summed E-state index contributed by atoms with van der Waals surface area (Å²) in [6, 6.07) is 5.43. The Hall–Kier alpha value is -2.90. The summed E-state index contributed by atoms with van der Waals surface area (Å²) in [5, 5.41) is 2.93. The summed E-state index contributed by atoms with van der Waals surface area (Å²) in [6.45, 7) is 3.14. The lowest BCUT2D eigenvalue weighted by molar-refractivity contribution is 0.193. The van der Waals surface area contributed by atoms with Crippen LogP contribution in [0.5, 0.6) is 5.88 Å². The van der Waals surface area contributed by atoms with Crippen LogP contribution in [-0.4, -0.2) is 59.2 Å². The molecule has 3 heterocycles.